The number of alkyl halides is 1. The van der Waals surface area contributed by atoms with Crippen molar-refractivity contribution >= 4 is 15.9 Å². The van der Waals surface area contributed by atoms with E-state index in [1.807, 2.05) is 0 Å². The van der Waals surface area contributed by atoms with E-state index in [9.17, 15) is 17.6 Å². The van der Waals surface area contributed by atoms with Crippen LogP contribution in [0.4, 0.5) is 4.39 Å². The number of nitrogens with one attached hydrogen (secondary N) is 2. The Kier molecular flexibility index (Phi) is 3.18. The van der Waals surface area contributed by atoms with Crippen LogP contribution in [-0.4, -0.2) is 38.3 Å². The molecule has 0 bridgehead atoms. The van der Waals surface area contributed by atoms with Gasteiger partial charge >= 0.3 is 0 Å². The van der Waals surface area contributed by atoms with Crippen molar-refractivity contribution in [2.75, 3.05) is 13.7 Å². The first-order chi connectivity index (χ1) is 8.31. The van der Waals surface area contributed by atoms with Crippen molar-refractivity contribution in [3.63, 3.8) is 0 Å². The number of hydrogen-bond donors (Lipinski definition) is 2. The van der Waals surface area contributed by atoms with Crippen LogP contribution in [0.1, 0.15) is 32.6 Å². The van der Waals surface area contributed by atoms with Crippen LogP contribution in [0.5, 0.6) is 0 Å². The van der Waals surface area contributed by atoms with Gasteiger partial charge in [-0.1, -0.05) is 0 Å². The van der Waals surface area contributed by atoms with Gasteiger partial charge in [0.15, 0.2) is 0 Å². The zero-order chi connectivity index (χ0) is 13.6. The zero-order valence-corrected chi connectivity index (χ0v) is 11.4. The largest absolute Gasteiger partial charge is 0.306 e. The molecule has 0 saturated heterocycles. The molecule has 0 aromatic carbocycles. The number of carbonyl (C=O) groups excluding carboxylic acids is 1. The number of amides is 1. The average Bonchev–Trinajstić information content (AvgIpc) is 3.16. The molecule has 7 heteroatoms. The van der Waals surface area contributed by atoms with Gasteiger partial charge in [0.05, 0.1) is 11.4 Å². The molecule has 2 atom stereocenters. The Labute approximate surface area is 107 Å². The molecule has 0 heterocycles. The highest BCUT2D eigenvalue weighted by Crippen LogP contribution is 2.47. The highest BCUT2D eigenvalue weighted by Gasteiger charge is 2.61. The Morgan fingerprint density at radius 2 is 2.06 bits per heavy atom. The van der Waals surface area contributed by atoms with Gasteiger partial charge in [0, 0.05) is 0 Å². The lowest BCUT2D eigenvalue weighted by Gasteiger charge is -2.18. The van der Waals surface area contributed by atoms with Crippen LogP contribution in [0.3, 0.4) is 0 Å². The molecule has 104 valence electrons. The lowest BCUT2D eigenvalue weighted by Crippen LogP contribution is -2.50. The number of carbonyl (C=O) groups is 1. The minimum Gasteiger partial charge on any atom is -0.306 e. The van der Waals surface area contributed by atoms with Crippen LogP contribution < -0.4 is 10.0 Å². The van der Waals surface area contributed by atoms with E-state index < -0.39 is 32.9 Å². The molecule has 2 aliphatic carbocycles. The van der Waals surface area contributed by atoms with E-state index in [2.05, 4.69) is 10.0 Å². The minimum absolute atomic E-state index is 0.116. The maximum absolute atomic E-state index is 12.3. The molecule has 2 rings (SSSR count). The van der Waals surface area contributed by atoms with Crippen LogP contribution >= 0.6 is 0 Å². The fraction of sp³-hybridized carbons (Fsp3) is 0.909. The first kappa shape index (κ1) is 13.7. The molecule has 0 aromatic heterocycles. The summed E-state index contributed by atoms with van der Waals surface area (Å²) in [5.41, 5.74) is -0.898. The van der Waals surface area contributed by atoms with Crippen LogP contribution in [0.15, 0.2) is 0 Å². The van der Waals surface area contributed by atoms with E-state index in [0.29, 0.717) is 19.3 Å². The Morgan fingerprint density at radius 3 is 2.50 bits per heavy atom. The van der Waals surface area contributed by atoms with Gasteiger partial charge in [-0.25, -0.2) is 8.42 Å². The zero-order valence-electron chi connectivity index (χ0n) is 10.6. The Bertz CT molecular complexity index is 461. The molecule has 0 aromatic rings. The summed E-state index contributed by atoms with van der Waals surface area (Å²) in [6, 6.07) is 0. The topological polar surface area (TPSA) is 75.3 Å². The summed E-state index contributed by atoms with van der Waals surface area (Å²) in [6.45, 7) is 1.13. The quantitative estimate of drug-likeness (QED) is 0.734. The van der Waals surface area contributed by atoms with Crippen molar-refractivity contribution in [3.8, 4) is 0 Å². The molecule has 1 amide bonds. The standard InChI is InChI=1S/C11H19FN2O3S/c1-10(4-5-10)18(16,17)14-9(15)11(13-2)7-8(11)3-6-12/h8,13H,3-7H2,1-2H3,(H,14,15)/t8-,11-/m1/s1. The van der Waals surface area contributed by atoms with Crippen molar-refractivity contribution in [2.45, 2.75) is 42.9 Å². The van der Waals surface area contributed by atoms with Gasteiger partial charge in [-0.2, -0.15) is 0 Å². The van der Waals surface area contributed by atoms with E-state index in [0.717, 1.165) is 0 Å². The van der Waals surface area contributed by atoms with Gasteiger partial charge in [-0.3, -0.25) is 13.9 Å². The number of rotatable bonds is 6. The molecule has 0 spiro atoms. The fourth-order valence-corrected chi connectivity index (χ4v) is 3.60. The maximum Gasteiger partial charge on any atom is 0.254 e. The summed E-state index contributed by atoms with van der Waals surface area (Å²) in [5, 5.41) is 2.84. The molecular formula is C11H19FN2O3S. The molecule has 0 radical (unpaired) electrons. The molecule has 0 aliphatic heterocycles. The van der Waals surface area contributed by atoms with Crippen molar-refractivity contribution in [2.24, 2.45) is 5.92 Å². The Hall–Kier alpha value is -0.690. The van der Waals surface area contributed by atoms with E-state index in [-0.39, 0.29) is 12.3 Å². The summed E-state index contributed by atoms with van der Waals surface area (Å²) >= 11 is 0. The monoisotopic (exact) mass is 278 g/mol. The second-order valence-electron chi connectivity index (χ2n) is 5.48. The van der Waals surface area contributed by atoms with E-state index >= 15 is 0 Å². The summed E-state index contributed by atoms with van der Waals surface area (Å²) in [4.78, 5) is 12.1. The van der Waals surface area contributed by atoms with Crippen LogP contribution in [0.25, 0.3) is 0 Å². The van der Waals surface area contributed by atoms with Crippen molar-refractivity contribution < 1.29 is 17.6 Å². The predicted octanol–water partition coefficient (Wildman–Crippen LogP) is 0.323. The highest BCUT2D eigenvalue weighted by molar-refractivity contribution is 7.91. The van der Waals surface area contributed by atoms with Crippen LogP contribution in [-0.2, 0) is 14.8 Å². The number of sulfonamides is 1. The van der Waals surface area contributed by atoms with Crippen molar-refractivity contribution in [1.29, 1.82) is 0 Å². The van der Waals surface area contributed by atoms with Gasteiger partial charge in [-0.15, -0.1) is 0 Å². The average molecular weight is 278 g/mol. The number of halogens is 1. The van der Waals surface area contributed by atoms with E-state index in [4.69, 9.17) is 0 Å². The van der Waals surface area contributed by atoms with Crippen molar-refractivity contribution in [1.82, 2.24) is 10.0 Å². The highest BCUT2D eigenvalue weighted by atomic mass is 32.2. The normalized spacial score (nSPS) is 32.9. The third-order valence-electron chi connectivity index (χ3n) is 4.24. The summed E-state index contributed by atoms with van der Waals surface area (Å²) in [7, 11) is -2.01. The smallest absolute Gasteiger partial charge is 0.254 e. The number of hydrogen-bond acceptors (Lipinski definition) is 4. The molecule has 18 heavy (non-hydrogen) atoms. The molecular weight excluding hydrogens is 259 g/mol. The molecule has 2 saturated carbocycles. The molecule has 5 nitrogen and oxygen atoms in total. The Balaban J connectivity index is 2.05. The number of likely N-dealkylation sites (N-methyl/N-ethyl adjacent to an activating group) is 1. The van der Waals surface area contributed by atoms with E-state index in [1.165, 1.54) is 0 Å². The van der Waals surface area contributed by atoms with Crippen LogP contribution in [0, 0.1) is 5.92 Å². The Morgan fingerprint density at radius 1 is 1.44 bits per heavy atom. The molecule has 0 unspecified atom stereocenters. The lowest BCUT2D eigenvalue weighted by atomic mass is 10.1. The molecule has 2 N–H and O–H groups in total. The van der Waals surface area contributed by atoms with Gasteiger partial charge < -0.3 is 5.32 Å². The van der Waals surface area contributed by atoms with Crippen LogP contribution in [0.2, 0.25) is 0 Å². The SMILES string of the molecule is CN[C@]1(C(=O)NS(=O)(=O)C2(C)CC2)C[C@H]1CCF. The minimum atomic E-state index is -3.61. The third kappa shape index (κ3) is 2.03. The van der Waals surface area contributed by atoms with Gasteiger partial charge in [0.2, 0.25) is 10.0 Å². The predicted molar refractivity (Wildman–Crippen MR) is 65.2 cm³/mol. The first-order valence-corrected chi connectivity index (χ1v) is 7.61. The van der Waals surface area contributed by atoms with Gasteiger partial charge in [-0.05, 0) is 45.6 Å². The van der Waals surface area contributed by atoms with Crippen molar-refractivity contribution in [3.05, 3.63) is 0 Å². The first-order valence-electron chi connectivity index (χ1n) is 6.13. The van der Waals surface area contributed by atoms with E-state index in [1.54, 1.807) is 14.0 Å². The fourth-order valence-electron chi connectivity index (χ4n) is 2.29. The molecule has 2 fully saturated rings. The van der Waals surface area contributed by atoms with Gasteiger partial charge in [0.1, 0.15) is 5.54 Å². The second-order valence-corrected chi connectivity index (χ2v) is 7.68. The lowest BCUT2D eigenvalue weighted by molar-refractivity contribution is -0.122. The summed E-state index contributed by atoms with van der Waals surface area (Å²) < 4.78 is 37.5. The summed E-state index contributed by atoms with van der Waals surface area (Å²) in [5.74, 6) is -0.661. The van der Waals surface area contributed by atoms with Gasteiger partial charge in [0.25, 0.3) is 5.91 Å². The third-order valence-corrected chi connectivity index (χ3v) is 6.40. The second kappa shape index (κ2) is 4.16. The maximum atomic E-state index is 12.3. The molecule has 2 aliphatic rings. The summed E-state index contributed by atoms with van der Waals surface area (Å²) in [6.07, 6.45) is 1.93.